The normalized spacial score (nSPS) is 29.9. The monoisotopic (exact) mass is 315 g/mol. The molecule has 2 unspecified atom stereocenters. The third-order valence-corrected chi connectivity index (χ3v) is 6.09. The number of phenolic OH excluding ortho intramolecular Hbond substituents is 1. The minimum absolute atomic E-state index is 0.115. The molecule has 0 saturated carbocycles. The SMILES string of the molecule is CN1C2C=CC1CC(Sc1c(Cl)cc(O)cc1Cl)C2. The van der Waals surface area contributed by atoms with E-state index in [9.17, 15) is 5.11 Å². The Hall–Kier alpha value is -0.350. The van der Waals surface area contributed by atoms with Crippen molar-refractivity contribution in [2.45, 2.75) is 35.1 Å². The van der Waals surface area contributed by atoms with E-state index in [0.29, 0.717) is 27.4 Å². The summed E-state index contributed by atoms with van der Waals surface area (Å²) in [5.41, 5.74) is 0. The maximum atomic E-state index is 9.46. The molecule has 5 heteroatoms. The van der Waals surface area contributed by atoms with Crippen LogP contribution in [0.3, 0.4) is 0 Å². The summed E-state index contributed by atoms with van der Waals surface area (Å²) < 4.78 is 0. The minimum atomic E-state index is 0.115. The van der Waals surface area contributed by atoms with Crippen molar-refractivity contribution in [1.82, 2.24) is 4.90 Å². The summed E-state index contributed by atoms with van der Waals surface area (Å²) in [6, 6.07) is 4.17. The van der Waals surface area contributed by atoms with Gasteiger partial charge in [0.15, 0.2) is 0 Å². The molecule has 19 heavy (non-hydrogen) atoms. The molecule has 1 saturated heterocycles. The largest absolute Gasteiger partial charge is 0.508 e. The fourth-order valence-corrected chi connectivity index (χ4v) is 4.83. The van der Waals surface area contributed by atoms with Crippen LogP contribution in [0.1, 0.15) is 12.8 Å². The second-order valence-electron chi connectivity index (χ2n) is 5.13. The van der Waals surface area contributed by atoms with Gasteiger partial charge in [-0.1, -0.05) is 35.4 Å². The van der Waals surface area contributed by atoms with Gasteiger partial charge >= 0.3 is 0 Å². The lowest BCUT2D eigenvalue weighted by Gasteiger charge is -2.36. The van der Waals surface area contributed by atoms with Crippen LogP contribution < -0.4 is 0 Å². The average Bonchev–Trinajstić information content (AvgIpc) is 2.58. The molecule has 0 aliphatic carbocycles. The fourth-order valence-electron chi connectivity index (χ4n) is 2.82. The Balaban J connectivity index is 1.77. The maximum Gasteiger partial charge on any atom is 0.118 e. The Bertz CT molecular complexity index is 495. The molecule has 2 atom stereocenters. The second kappa shape index (κ2) is 5.21. The van der Waals surface area contributed by atoms with E-state index in [4.69, 9.17) is 23.2 Å². The van der Waals surface area contributed by atoms with Crippen molar-refractivity contribution >= 4 is 35.0 Å². The third kappa shape index (κ3) is 2.62. The molecular formula is C14H15Cl2NOS. The number of thioether (sulfide) groups is 1. The zero-order valence-corrected chi connectivity index (χ0v) is 12.8. The van der Waals surface area contributed by atoms with Crippen LogP contribution in [-0.4, -0.2) is 34.4 Å². The smallest absolute Gasteiger partial charge is 0.118 e. The zero-order chi connectivity index (χ0) is 13.6. The highest BCUT2D eigenvalue weighted by Gasteiger charge is 2.35. The van der Waals surface area contributed by atoms with Gasteiger partial charge in [-0.05, 0) is 32.0 Å². The molecule has 2 bridgehead atoms. The summed E-state index contributed by atoms with van der Waals surface area (Å²) in [5.74, 6) is 0.115. The Labute approximate surface area is 127 Å². The summed E-state index contributed by atoms with van der Waals surface area (Å²) in [5, 5.41) is 11.0. The lowest BCUT2D eigenvalue weighted by Crippen LogP contribution is -2.41. The Kier molecular flexibility index (Phi) is 3.73. The average molecular weight is 316 g/mol. The Morgan fingerprint density at radius 3 is 2.21 bits per heavy atom. The standard InChI is InChI=1S/C14H15Cl2NOS/c1-17-8-2-3-9(17)5-11(4-8)19-14-12(15)6-10(18)7-13(14)16/h2-3,6-9,11,18H,4-5H2,1H3. The van der Waals surface area contributed by atoms with E-state index in [1.165, 1.54) is 0 Å². The van der Waals surface area contributed by atoms with Gasteiger partial charge in [-0.3, -0.25) is 4.90 Å². The summed E-state index contributed by atoms with van der Waals surface area (Å²) in [7, 11) is 2.18. The first-order chi connectivity index (χ1) is 9.04. The first-order valence-electron chi connectivity index (χ1n) is 6.29. The van der Waals surface area contributed by atoms with Crippen LogP contribution in [0.15, 0.2) is 29.2 Å². The van der Waals surface area contributed by atoms with E-state index in [2.05, 4.69) is 24.1 Å². The topological polar surface area (TPSA) is 23.5 Å². The number of nitrogens with zero attached hydrogens (tertiary/aromatic N) is 1. The highest BCUT2D eigenvalue weighted by atomic mass is 35.5. The number of piperidine rings is 1. The predicted molar refractivity (Wildman–Crippen MR) is 81.5 cm³/mol. The highest BCUT2D eigenvalue weighted by Crippen LogP contribution is 2.44. The lowest BCUT2D eigenvalue weighted by atomic mass is 10.0. The summed E-state index contributed by atoms with van der Waals surface area (Å²) in [4.78, 5) is 3.30. The molecule has 2 heterocycles. The van der Waals surface area contributed by atoms with Crippen LogP contribution in [0, 0.1) is 0 Å². The van der Waals surface area contributed by atoms with Gasteiger partial charge in [0.25, 0.3) is 0 Å². The van der Waals surface area contributed by atoms with Gasteiger partial charge in [0.05, 0.1) is 10.0 Å². The first kappa shape index (κ1) is 13.6. The van der Waals surface area contributed by atoms with Crippen molar-refractivity contribution in [2.24, 2.45) is 0 Å². The van der Waals surface area contributed by atoms with Crippen molar-refractivity contribution in [3.05, 3.63) is 34.3 Å². The molecule has 0 amide bonds. The first-order valence-corrected chi connectivity index (χ1v) is 7.93. The fraction of sp³-hybridized carbons (Fsp3) is 0.429. The number of phenols is 1. The van der Waals surface area contributed by atoms with Gasteiger partial charge in [-0.15, -0.1) is 11.8 Å². The van der Waals surface area contributed by atoms with Gasteiger partial charge in [0.1, 0.15) is 5.75 Å². The van der Waals surface area contributed by atoms with E-state index < -0.39 is 0 Å². The number of halogens is 2. The minimum Gasteiger partial charge on any atom is -0.508 e. The number of hydrogen-bond acceptors (Lipinski definition) is 3. The van der Waals surface area contributed by atoms with Crippen molar-refractivity contribution < 1.29 is 5.11 Å². The van der Waals surface area contributed by atoms with E-state index in [0.717, 1.165) is 17.7 Å². The number of fused-ring (bicyclic) bond motifs is 2. The molecule has 0 radical (unpaired) electrons. The number of benzene rings is 1. The number of likely N-dealkylation sites (N-methyl/N-ethyl adjacent to an activating group) is 1. The molecule has 1 fully saturated rings. The molecule has 1 aromatic rings. The van der Waals surface area contributed by atoms with Crippen molar-refractivity contribution in [1.29, 1.82) is 0 Å². The van der Waals surface area contributed by atoms with E-state index in [-0.39, 0.29) is 5.75 Å². The molecule has 3 rings (SSSR count). The van der Waals surface area contributed by atoms with Crippen LogP contribution >= 0.6 is 35.0 Å². The van der Waals surface area contributed by atoms with Gasteiger partial charge in [0.2, 0.25) is 0 Å². The molecule has 1 aromatic carbocycles. The quantitative estimate of drug-likeness (QED) is 0.828. The van der Waals surface area contributed by atoms with Crippen LogP contribution in [0.5, 0.6) is 5.75 Å². The van der Waals surface area contributed by atoms with Gasteiger partial charge < -0.3 is 5.11 Å². The van der Waals surface area contributed by atoms with E-state index in [1.54, 1.807) is 23.9 Å². The number of hydrogen-bond donors (Lipinski definition) is 1. The van der Waals surface area contributed by atoms with Crippen molar-refractivity contribution in [3.63, 3.8) is 0 Å². The molecule has 102 valence electrons. The van der Waals surface area contributed by atoms with E-state index in [1.807, 2.05) is 0 Å². The maximum absolute atomic E-state index is 9.46. The van der Waals surface area contributed by atoms with E-state index >= 15 is 0 Å². The predicted octanol–water partition coefficient (Wildman–Crippen LogP) is 4.19. The van der Waals surface area contributed by atoms with Gasteiger partial charge in [0, 0.05) is 22.2 Å². The highest BCUT2D eigenvalue weighted by molar-refractivity contribution is 8.00. The zero-order valence-electron chi connectivity index (χ0n) is 10.5. The molecule has 0 spiro atoms. The molecule has 2 aliphatic heterocycles. The van der Waals surface area contributed by atoms with Crippen molar-refractivity contribution in [3.8, 4) is 5.75 Å². The molecule has 0 aromatic heterocycles. The molecule has 1 N–H and O–H groups in total. The van der Waals surface area contributed by atoms with Gasteiger partial charge in [-0.2, -0.15) is 0 Å². The van der Waals surface area contributed by atoms with Gasteiger partial charge in [-0.25, -0.2) is 0 Å². The molecule has 2 aliphatic rings. The summed E-state index contributed by atoms with van der Waals surface area (Å²) in [6.45, 7) is 0. The van der Waals surface area contributed by atoms with Crippen molar-refractivity contribution in [2.75, 3.05) is 7.05 Å². The molecule has 2 nitrogen and oxygen atoms in total. The lowest BCUT2D eigenvalue weighted by molar-refractivity contribution is 0.200. The van der Waals surface area contributed by atoms with Crippen LogP contribution in [-0.2, 0) is 0 Å². The summed E-state index contributed by atoms with van der Waals surface area (Å²) in [6.07, 6.45) is 6.82. The Morgan fingerprint density at radius 1 is 1.16 bits per heavy atom. The van der Waals surface area contributed by atoms with Crippen LogP contribution in [0.2, 0.25) is 10.0 Å². The number of aromatic hydroxyl groups is 1. The number of rotatable bonds is 2. The second-order valence-corrected chi connectivity index (χ2v) is 7.26. The Morgan fingerprint density at radius 2 is 1.68 bits per heavy atom. The molecular weight excluding hydrogens is 301 g/mol. The van der Waals surface area contributed by atoms with Crippen LogP contribution in [0.4, 0.5) is 0 Å². The summed E-state index contributed by atoms with van der Waals surface area (Å²) >= 11 is 14.1. The third-order valence-electron chi connectivity index (χ3n) is 3.88. The van der Waals surface area contributed by atoms with Crippen LogP contribution in [0.25, 0.3) is 0 Å².